The molecule has 2 heterocycles. The van der Waals surface area contributed by atoms with Crippen LogP contribution in [0.25, 0.3) is 72.0 Å². The molecule has 0 aliphatic carbocycles. The standard InChI is InChI=1S/C72H51NSi2/c1-5-27-53(28-6-1)74(54-29-7-2-8-30-54)69-47-25-20-42-64(69)59-37-15-16-38-60(59)65-43-21-26-48-70(65)75(55-31-9-3-10-32-55,56-33-11-4-12-34-56)72-51-52(49-50-71(72)74)57-35-13-14-36-58(57)61-39-17-22-44-66(61)73-67-45-23-18-40-62(67)63-41-19-24-46-68(63)73/h1-51H. The van der Waals surface area contributed by atoms with E-state index in [4.69, 9.17) is 0 Å². The molecule has 13 aromatic rings. The Bertz CT molecular complexity index is 4110. The van der Waals surface area contributed by atoms with E-state index in [0.29, 0.717) is 0 Å². The maximum Gasteiger partial charge on any atom is 0.180 e. The number of hydrogen-bond donors (Lipinski definition) is 0. The van der Waals surface area contributed by atoms with Crippen LogP contribution < -0.4 is 41.5 Å². The molecule has 3 heteroatoms. The molecule has 1 aromatic heterocycles. The molecule has 0 radical (unpaired) electrons. The zero-order valence-corrected chi connectivity index (χ0v) is 43.4. The number of aromatic nitrogens is 1. The summed E-state index contributed by atoms with van der Waals surface area (Å²) in [6, 6.07) is 118. The summed E-state index contributed by atoms with van der Waals surface area (Å²) in [7, 11) is -6.73. The van der Waals surface area contributed by atoms with Gasteiger partial charge in [-0.15, -0.1) is 0 Å². The lowest BCUT2D eigenvalue weighted by Crippen LogP contribution is -2.85. The van der Waals surface area contributed by atoms with Gasteiger partial charge < -0.3 is 4.57 Å². The first-order valence-corrected chi connectivity index (χ1v) is 30.1. The molecular weight excluding hydrogens is 935 g/mol. The van der Waals surface area contributed by atoms with Gasteiger partial charge >= 0.3 is 0 Å². The molecule has 0 unspecified atom stereocenters. The van der Waals surface area contributed by atoms with Crippen molar-refractivity contribution >= 4 is 79.4 Å². The summed E-state index contributed by atoms with van der Waals surface area (Å²) in [4.78, 5) is 0. The molecular formula is C72H51NSi2. The summed E-state index contributed by atoms with van der Waals surface area (Å²) in [5, 5.41) is 13.5. The third-order valence-corrected chi connectivity index (χ3v) is 26.1. The zero-order valence-electron chi connectivity index (χ0n) is 41.4. The van der Waals surface area contributed by atoms with Crippen molar-refractivity contribution < 1.29 is 0 Å². The fourth-order valence-corrected chi connectivity index (χ4v) is 24.3. The normalized spacial score (nSPS) is 13.3. The van der Waals surface area contributed by atoms with Crippen LogP contribution in [0.4, 0.5) is 0 Å². The molecule has 0 bridgehead atoms. The van der Waals surface area contributed by atoms with Crippen LogP contribution in [0.3, 0.4) is 0 Å². The van der Waals surface area contributed by atoms with Crippen LogP contribution in [0.1, 0.15) is 0 Å². The van der Waals surface area contributed by atoms with E-state index in [9.17, 15) is 0 Å². The average Bonchev–Trinajstić information content (AvgIpc) is 3.83. The van der Waals surface area contributed by atoms with Gasteiger partial charge in [0, 0.05) is 16.3 Å². The van der Waals surface area contributed by atoms with Crippen LogP contribution >= 0.6 is 0 Å². The van der Waals surface area contributed by atoms with Crippen LogP contribution in [-0.4, -0.2) is 20.7 Å². The Kier molecular flexibility index (Phi) is 10.9. The topological polar surface area (TPSA) is 4.93 Å². The van der Waals surface area contributed by atoms with E-state index in [1.807, 2.05) is 0 Å². The van der Waals surface area contributed by atoms with Gasteiger partial charge in [0.1, 0.15) is 0 Å². The van der Waals surface area contributed by atoms with Crippen molar-refractivity contribution in [2.75, 3.05) is 0 Å². The van der Waals surface area contributed by atoms with E-state index >= 15 is 0 Å². The molecule has 0 fully saturated rings. The first-order valence-electron chi connectivity index (χ1n) is 26.1. The Balaban J connectivity index is 1.17. The summed E-state index contributed by atoms with van der Waals surface area (Å²) in [5.41, 5.74) is 13.4. The average molecular weight is 986 g/mol. The van der Waals surface area contributed by atoms with Crippen molar-refractivity contribution in [3.05, 3.63) is 309 Å². The van der Waals surface area contributed by atoms with Gasteiger partial charge in [-0.1, -0.05) is 291 Å². The lowest BCUT2D eigenvalue weighted by atomic mass is 9.93. The van der Waals surface area contributed by atoms with E-state index in [1.165, 1.54) is 108 Å². The number of para-hydroxylation sites is 3. The molecule has 0 saturated heterocycles. The van der Waals surface area contributed by atoms with Crippen LogP contribution in [0.5, 0.6) is 0 Å². The van der Waals surface area contributed by atoms with Gasteiger partial charge in [0.05, 0.1) is 16.7 Å². The number of fused-ring (bicyclic) bond motifs is 9. The highest BCUT2D eigenvalue weighted by Crippen LogP contribution is 2.40. The number of benzene rings is 12. The quantitative estimate of drug-likeness (QED) is 0.140. The molecule has 0 amide bonds. The second-order valence-electron chi connectivity index (χ2n) is 19.8. The summed E-state index contributed by atoms with van der Waals surface area (Å²) >= 11 is 0. The fraction of sp³-hybridized carbons (Fsp3) is 0. The highest BCUT2D eigenvalue weighted by atomic mass is 28.3. The molecule has 75 heavy (non-hydrogen) atoms. The molecule has 14 rings (SSSR count). The smallest absolute Gasteiger partial charge is 0.180 e. The van der Waals surface area contributed by atoms with Crippen molar-refractivity contribution in [3.63, 3.8) is 0 Å². The number of rotatable bonds is 7. The third kappa shape index (κ3) is 6.89. The minimum atomic E-state index is -3.40. The van der Waals surface area contributed by atoms with Crippen LogP contribution in [0.2, 0.25) is 0 Å². The minimum absolute atomic E-state index is 1.16. The van der Waals surface area contributed by atoms with E-state index in [2.05, 4.69) is 314 Å². The SMILES string of the molecule is c1ccc([Si]2(c3ccccc3)c3ccccc3-c3ccccc3-c3ccccc3[Si](c3ccccc3)(c3ccccc3)c3cc(-c4ccccc4-c4ccccc4-n4c5ccccc5c5ccccc54)ccc32)cc1. The second-order valence-corrected chi connectivity index (χ2v) is 27.3. The fourth-order valence-electron chi connectivity index (χ4n) is 13.1. The number of nitrogens with zero attached hydrogens (tertiary/aromatic N) is 1. The zero-order chi connectivity index (χ0) is 49.8. The maximum absolute atomic E-state index is 3.40. The summed E-state index contributed by atoms with van der Waals surface area (Å²) in [6.07, 6.45) is 0. The monoisotopic (exact) mass is 985 g/mol. The van der Waals surface area contributed by atoms with Gasteiger partial charge in [-0.25, -0.2) is 0 Å². The molecule has 352 valence electrons. The Morgan fingerprint density at radius 2 is 0.547 bits per heavy atom. The minimum Gasteiger partial charge on any atom is -0.309 e. The van der Waals surface area contributed by atoms with Gasteiger partial charge in [0.15, 0.2) is 16.1 Å². The molecule has 0 atom stereocenters. The first-order chi connectivity index (χ1) is 37.3. The van der Waals surface area contributed by atoms with E-state index in [0.717, 1.165) is 5.69 Å². The predicted octanol–water partition coefficient (Wildman–Crippen LogP) is 12.5. The molecule has 0 spiro atoms. The molecule has 1 aliphatic heterocycles. The van der Waals surface area contributed by atoms with Gasteiger partial charge in [0.2, 0.25) is 0 Å². The molecule has 0 N–H and O–H groups in total. The highest BCUT2D eigenvalue weighted by Gasteiger charge is 2.52. The van der Waals surface area contributed by atoms with Crippen molar-refractivity contribution in [1.29, 1.82) is 0 Å². The van der Waals surface area contributed by atoms with E-state index < -0.39 is 16.1 Å². The third-order valence-electron chi connectivity index (χ3n) is 16.1. The lowest BCUT2D eigenvalue weighted by molar-refractivity contribution is 1.18. The summed E-state index contributed by atoms with van der Waals surface area (Å²) < 4.78 is 2.47. The maximum atomic E-state index is 2.67. The van der Waals surface area contributed by atoms with Gasteiger partial charge in [-0.3, -0.25) is 0 Å². The van der Waals surface area contributed by atoms with Crippen molar-refractivity contribution in [2.24, 2.45) is 0 Å². The van der Waals surface area contributed by atoms with Crippen molar-refractivity contribution in [1.82, 2.24) is 4.57 Å². The molecule has 1 aliphatic rings. The Labute approximate surface area is 441 Å². The van der Waals surface area contributed by atoms with Gasteiger partial charge in [-0.2, -0.15) is 0 Å². The Morgan fingerprint density at radius 3 is 1.01 bits per heavy atom. The second kappa shape index (κ2) is 18.4. The van der Waals surface area contributed by atoms with E-state index in [-0.39, 0.29) is 0 Å². The van der Waals surface area contributed by atoms with Crippen LogP contribution in [0.15, 0.2) is 309 Å². The van der Waals surface area contributed by atoms with E-state index in [1.54, 1.807) is 0 Å². The molecule has 0 saturated carbocycles. The van der Waals surface area contributed by atoms with Crippen molar-refractivity contribution in [3.8, 4) is 50.2 Å². The lowest BCUT2D eigenvalue weighted by Gasteiger charge is -2.44. The van der Waals surface area contributed by atoms with Crippen molar-refractivity contribution in [2.45, 2.75) is 0 Å². The predicted molar refractivity (Wildman–Crippen MR) is 323 cm³/mol. The molecule has 12 aromatic carbocycles. The summed E-state index contributed by atoms with van der Waals surface area (Å²) in [6.45, 7) is 0. The van der Waals surface area contributed by atoms with Crippen LogP contribution in [0, 0.1) is 0 Å². The molecule has 1 nitrogen and oxygen atoms in total. The van der Waals surface area contributed by atoms with Gasteiger partial charge in [0.25, 0.3) is 0 Å². The summed E-state index contributed by atoms with van der Waals surface area (Å²) in [5.74, 6) is 0. The number of hydrogen-bond acceptors (Lipinski definition) is 0. The highest BCUT2D eigenvalue weighted by molar-refractivity contribution is 7.27. The Hall–Kier alpha value is -9.13. The first kappa shape index (κ1) is 44.6. The largest absolute Gasteiger partial charge is 0.309 e. The Morgan fingerprint density at radius 1 is 0.213 bits per heavy atom. The van der Waals surface area contributed by atoms with Gasteiger partial charge in [-0.05, 0) is 98.6 Å². The van der Waals surface area contributed by atoms with Crippen LogP contribution in [-0.2, 0) is 0 Å².